The summed E-state index contributed by atoms with van der Waals surface area (Å²) in [5.74, 6) is 0.0295. The average molecular weight is 202 g/mol. The van der Waals surface area contributed by atoms with Crippen LogP contribution >= 0.6 is 0 Å². The Bertz CT molecular complexity index is 146. The number of hydrogen-bond acceptors (Lipinski definition) is 3. The van der Waals surface area contributed by atoms with Crippen LogP contribution < -0.4 is 5.32 Å². The number of nitrogens with zero attached hydrogens (tertiary/aromatic N) is 1. The largest absolute Gasteiger partial charge is 0.395 e. The summed E-state index contributed by atoms with van der Waals surface area (Å²) in [6.45, 7) is 5.09. The molecular weight excluding hydrogens is 180 g/mol. The molecule has 0 aromatic heterocycles. The predicted molar refractivity (Wildman–Crippen MR) is 57.1 cm³/mol. The number of rotatable bonds is 7. The Hall–Kier alpha value is -0.610. The summed E-state index contributed by atoms with van der Waals surface area (Å²) in [6.07, 6.45) is 2.09. The van der Waals surface area contributed by atoms with Crippen LogP contribution in [-0.2, 0) is 4.79 Å². The molecule has 0 aliphatic carbocycles. The molecule has 0 rings (SSSR count). The first kappa shape index (κ1) is 13.4. The molecule has 0 radical (unpaired) electrons. The summed E-state index contributed by atoms with van der Waals surface area (Å²) >= 11 is 0. The first-order valence-electron chi connectivity index (χ1n) is 5.18. The van der Waals surface area contributed by atoms with Crippen molar-refractivity contribution in [3.05, 3.63) is 0 Å². The van der Waals surface area contributed by atoms with Crippen LogP contribution in [0, 0.1) is 0 Å². The van der Waals surface area contributed by atoms with Gasteiger partial charge in [0.1, 0.15) is 0 Å². The molecule has 0 saturated heterocycles. The Morgan fingerprint density at radius 2 is 2.21 bits per heavy atom. The molecule has 0 heterocycles. The molecule has 1 unspecified atom stereocenters. The third-order valence-electron chi connectivity index (χ3n) is 2.02. The van der Waals surface area contributed by atoms with Crippen molar-refractivity contribution in [3.8, 4) is 0 Å². The third-order valence-corrected chi connectivity index (χ3v) is 2.02. The quantitative estimate of drug-likeness (QED) is 0.621. The van der Waals surface area contributed by atoms with E-state index in [1.54, 1.807) is 4.90 Å². The van der Waals surface area contributed by atoms with Gasteiger partial charge < -0.3 is 10.4 Å². The Morgan fingerprint density at radius 1 is 1.57 bits per heavy atom. The molecular formula is C10H22N2O2. The number of likely N-dealkylation sites (N-methyl/N-ethyl adjacent to an activating group) is 1. The monoisotopic (exact) mass is 202 g/mol. The maximum Gasteiger partial charge on any atom is 0.234 e. The van der Waals surface area contributed by atoms with Gasteiger partial charge in [0.25, 0.3) is 0 Å². The Kier molecular flexibility index (Phi) is 7.42. The van der Waals surface area contributed by atoms with E-state index in [0.717, 1.165) is 12.8 Å². The van der Waals surface area contributed by atoms with Gasteiger partial charge in [-0.25, -0.2) is 0 Å². The maximum atomic E-state index is 11.4. The van der Waals surface area contributed by atoms with Crippen LogP contribution in [0.25, 0.3) is 0 Å². The molecule has 0 aliphatic rings. The summed E-state index contributed by atoms with van der Waals surface area (Å²) in [4.78, 5) is 13.2. The number of carbonyl (C=O) groups excluding carboxylic acids is 1. The highest BCUT2D eigenvalue weighted by atomic mass is 16.3. The molecule has 1 amide bonds. The molecule has 0 aliphatic heterocycles. The average Bonchev–Trinajstić information content (AvgIpc) is 2.03. The minimum Gasteiger partial charge on any atom is -0.395 e. The van der Waals surface area contributed by atoms with Gasteiger partial charge in [0.05, 0.1) is 13.2 Å². The molecule has 2 N–H and O–H groups in total. The highest BCUT2D eigenvalue weighted by Crippen LogP contribution is 1.94. The van der Waals surface area contributed by atoms with E-state index in [1.165, 1.54) is 0 Å². The summed E-state index contributed by atoms with van der Waals surface area (Å²) in [5.41, 5.74) is 0. The SMILES string of the molecule is CCCC(C)NC(=O)CN(C)CCO. The van der Waals surface area contributed by atoms with Crippen LogP contribution in [0.1, 0.15) is 26.7 Å². The molecule has 4 heteroatoms. The fourth-order valence-electron chi connectivity index (χ4n) is 1.32. The van der Waals surface area contributed by atoms with E-state index in [0.29, 0.717) is 13.1 Å². The zero-order valence-electron chi connectivity index (χ0n) is 9.42. The molecule has 0 aromatic rings. The van der Waals surface area contributed by atoms with E-state index in [9.17, 15) is 4.79 Å². The summed E-state index contributed by atoms with van der Waals surface area (Å²) < 4.78 is 0. The molecule has 0 aromatic carbocycles. The van der Waals surface area contributed by atoms with Gasteiger partial charge in [0.15, 0.2) is 0 Å². The highest BCUT2D eigenvalue weighted by molar-refractivity contribution is 5.78. The van der Waals surface area contributed by atoms with Crippen molar-refractivity contribution in [3.63, 3.8) is 0 Å². The van der Waals surface area contributed by atoms with Crippen LogP contribution in [0.4, 0.5) is 0 Å². The lowest BCUT2D eigenvalue weighted by Gasteiger charge is -2.17. The molecule has 0 saturated carbocycles. The molecule has 0 bridgehead atoms. The van der Waals surface area contributed by atoms with Gasteiger partial charge in [-0.15, -0.1) is 0 Å². The number of nitrogens with one attached hydrogen (secondary N) is 1. The highest BCUT2D eigenvalue weighted by Gasteiger charge is 2.08. The van der Waals surface area contributed by atoms with Crippen LogP contribution in [-0.4, -0.2) is 48.7 Å². The van der Waals surface area contributed by atoms with Crippen molar-refractivity contribution in [2.75, 3.05) is 26.7 Å². The van der Waals surface area contributed by atoms with Gasteiger partial charge in [-0.3, -0.25) is 9.69 Å². The summed E-state index contributed by atoms with van der Waals surface area (Å²) in [5, 5.41) is 11.6. The van der Waals surface area contributed by atoms with Gasteiger partial charge in [-0.2, -0.15) is 0 Å². The van der Waals surface area contributed by atoms with E-state index in [-0.39, 0.29) is 18.6 Å². The topological polar surface area (TPSA) is 52.6 Å². The van der Waals surface area contributed by atoms with Gasteiger partial charge in [-0.1, -0.05) is 13.3 Å². The molecule has 0 spiro atoms. The van der Waals surface area contributed by atoms with Gasteiger partial charge in [-0.05, 0) is 20.4 Å². The Labute approximate surface area is 86.3 Å². The number of aliphatic hydroxyl groups is 1. The first-order chi connectivity index (χ1) is 6.60. The van der Waals surface area contributed by atoms with Crippen molar-refractivity contribution >= 4 is 5.91 Å². The van der Waals surface area contributed by atoms with Crippen molar-refractivity contribution in [1.29, 1.82) is 0 Å². The lowest BCUT2D eigenvalue weighted by molar-refractivity contribution is -0.122. The van der Waals surface area contributed by atoms with Crippen LogP contribution in [0.5, 0.6) is 0 Å². The van der Waals surface area contributed by atoms with Gasteiger partial charge >= 0.3 is 0 Å². The second kappa shape index (κ2) is 7.76. The third kappa shape index (κ3) is 6.86. The fraction of sp³-hybridized carbons (Fsp3) is 0.900. The number of amides is 1. The normalized spacial score (nSPS) is 12.9. The fourth-order valence-corrected chi connectivity index (χ4v) is 1.32. The van der Waals surface area contributed by atoms with Crippen molar-refractivity contribution in [2.45, 2.75) is 32.7 Å². The number of hydrogen-bond donors (Lipinski definition) is 2. The van der Waals surface area contributed by atoms with Gasteiger partial charge in [0, 0.05) is 12.6 Å². The summed E-state index contributed by atoms with van der Waals surface area (Å²) in [6, 6.07) is 0.245. The first-order valence-corrected chi connectivity index (χ1v) is 5.18. The lowest BCUT2D eigenvalue weighted by Crippen LogP contribution is -2.40. The standard InChI is InChI=1S/C10H22N2O2/c1-4-5-9(2)11-10(14)8-12(3)6-7-13/h9,13H,4-8H2,1-3H3,(H,11,14). The molecule has 4 nitrogen and oxygen atoms in total. The summed E-state index contributed by atoms with van der Waals surface area (Å²) in [7, 11) is 1.82. The second-order valence-corrected chi connectivity index (χ2v) is 3.72. The zero-order chi connectivity index (χ0) is 11.0. The molecule has 14 heavy (non-hydrogen) atoms. The second-order valence-electron chi connectivity index (χ2n) is 3.72. The van der Waals surface area contributed by atoms with Crippen molar-refractivity contribution < 1.29 is 9.90 Å². The lowest BCUT2D eigenvalue weighted by atomic mass is 10.2. The maximum absolute atomic E-state index is 11.4. The van der Waals surface area contributed by atoms with Crippen LogP contribution in [0.3, 0.4) is 0 Å². The van der Waals surface area contributed by atoms with E-state index in [4.69, 9.17) is 5.11 Å². The Balaban J connectivity index is 3.63. The smallest absolute Gasteiger partial charge is 0.234 e. The van der Waals surface area contributed by atoms with Crippen molar-refractivity contribution in [2.24, 2.45) is 0 Å². The Morgan fingerprint density at radius 3 is 2.71 bits per heavy atom. The minimum absolute atomic E-state index is 0.0295. The zero-order valence-corrected chi connectivity index (χ0v) is 9.42. The van der Waals surface area contributed by atoms with E-state index in [1.807, 2.05) is 14.0 Å². The minimum atomic E-state index is 0.0295. The van der Waals surface area contributed by atoms with Crippen LogP contribution in [0.15, 0.2) is 0 Å². The van der Waals surface area contributed by atoms with E-state index >= 15 is 0 Å². The molecule has 0 fully saturated rings. The van der Waals surface area contributed by atoms with E-state index < -0.39 is 0 Å². The number of carbonyl (C=O) groups is 1. The van der Waals surface area contributed by atoms with Crippen LogP contribution in [0.2, 0.25) is 0 Å². The van der Waals surface area contributed by atoms with Gasteiger partial charge in [0.2, 0.25) is 5.91 Å². The predicted octanol–water partition coefficient (Wildman–Crippen LogP) is 0.215. The molecule has 84 valence electrons. The molecule has 1 atom stereocenters. The van der Waals surface area contributed by atoms with Crippen molar-refractivity contribution in [1.82, 2.24) is 10.2 Å². The van der Waals surface area contributed by atoms with E-state index in [2.05, 4.69) is 12.2 Å². The number of aliphatic hydroxyl groups excluding tert-OH is 1.